The van der Waals surface area contributed by atoms with Crippen molar-refractivity contribution in [3.63, 3.8) is 0 Å². The van der Waals surface area contributed by atoms with Crippen LogP contribution in [-0.2, 0) is 4.74 Å². The number of carbonyl (C=O) groups is 1. The zero-order valence-electron chi connectivity index (χ0n) is 9.26. The Morgan fingerprint density at radius 3 is 2.80 bits per heavy atom. The van der Waals surface area contributed by atoms with E-state index in [0.29, 0.717) is 18.4 Å². The summed E-state index contributed by atoms with van der Waals surface area (Å²) in [6, 6.07) is 0. The van der Waals surface area contributed by atoms with Gasteiger partial charge in [0.25, 0.3) is 0 Å². The minimum absolute atomic E-state index is 0.234. The molecule has 1 rings (SSSR count). The highest BCUT2D eigenvalue weighted by atomic mass is 127. The van der Waals surface area contributed by atoms with Crippen LogP contribution in [0.4, 0.5) is 4.79 Å². The lowest BCUT2D eigenvalue weighted by Gasteiger charge is -2.19. The monoisotopic (exact) mass is 321 g/mol. The fraction of sp³-hybridized carbons (Fsp3) is 0.727. The molecule has 1 saturated carbocycles. The molecule has 1 N–H and O–H groups in total. The molecule has 0 bridgehead atoms. The number of hydrogen-bond acceptors (Lipinski definition) is 2. The maximum Gasteiger partial charge on any atom is 0.407 e. The third-order valence-corrected chi connectivity index (χ3v) is 2.38. The molecule has 1 fully saturated rings. The van der Waals surface area contributed by atoms with Crippen LogP contribution < -0.4 is 5.32 Å². The van der Waals surface area contributed by atoms with Crippen LogP contribution in [0, 0.1) is 21.7 Å². The lowest BCUT2D eigenvalue weighted by Crippen LogP contribution is -2.41. The van der Waals surface area contributed by atoms with Crippen LogP contribution in [0.5, 0.6) is 0 Å². The van der Waals surface area contributed by atoms with Crippen LogP contribution in [0.1, 0.15) is 27.2 Å². The van der Waals surface area contributed by atoms with Gasteiger partial charge in [-0.3, -0.25) is 0 Å². The molecule has 0 aliphatic heterocycles. The van der Waals surface area contributed by atoms with Gasteiger partial charge in [-0.05, 0) is 31.1 Å². The number of rotatable bonds is 2. The van der Waals surface area contributed by atoms with E-state index in [9.17, 15) is 4.79 Å². The third kappa shape index (κ3) is 5.26. The van der Waals surface area contributed by atoms with E-state index >= 15 is 0 Å². The van der Waals surface area contributed by atoms with E-state index < -0.39 is 0 Å². The molecular weight excluding hydrogens is 305 g/mol. The highest BCUT2D eigenvalue weighted by Gasteiger charge is 2.36. The summed E-state index contributed by atoms with van der Waals surface area (Å²) in [5, 5.41) is 2.75. The molecule has 0 aromatic carbocycles. The second-order valence-corrected chi connectivity index (χ2v) is 5.35. The van der Waals surface area contributed by atoms with Gasteiger partial charge in [0.1, 0.15) is 0 Å². The van der Waals surface area contributed by atoms with Crippen molar-refractivity contribution in [2.75, 3.05) is 6.61 Å². The molecule has 3 nitrogen and oxygen atoms in total. The summed E-state index contributed by atoms with van der Waals surface area (Å²) in [6.45, 7) is 6.26. The summed E-state index contributed by atoms with van der Waals surface area (Å²) in [5.41, 5.74) is -0.234. The van der Waals surface area contributed by atoms with E-state index in [1.807, 2.05) is 43.4 Å². The maximum atomic E-state index is 11.3. The van der Waals surface area contributed by atoms with E-state index in [-0.39, 0.29) is 11.6 Å². The number of carbonyl (C=O) groups excluding carboxylic acids is 1. The predicted molar refractivity (Wildman–Crippen MR) is 67.6 cm³/mol. The predicted octanol–water partition coefficient (Wildman–Crippen LogP) is 2.54. The minimum Gasteiger partial charge on any atom is -0.449 e. The van der Waals surface area contributed by atoms with Crippen LogP contribution in [0.2, 0.25) is 0 Å². The van der Waals surface area contributed by atoms with Crippen LogP contribution >= 0.6 is 22.6 Å². The first-order chi connectivity index (χ1) is 6.92. The van der Waals surface area contributed by atoms with Crippen molar-refractivity contribution in [3.8, 4) is 9.85 Å². The molecule has 1 amide bonds. The summed E-state index contributed by atoms with van der Waals surface area (Å²) in [7, 11) is 0. The van der Waals surface area contributed by atoms with Crippen molar-refractivity contribution < 1.29 is 9.53 Å². The lowest BCUT2D eigenvalue weighted by atomic mass is 10.1. The van der Waals surface area contributed by atoms with Crippen LogP contribution in [-0.4, -0.2) is 18.2 Å². The first kappa shape index (κ1) is 12.6. The number of halogens is 1. The maximum absolute atomic E-state index is 11.3. The Bertz CT molecular complexity index is 298. The Labute approximate surface area is 104 Å². The molecule has 2 atom stereocenters. The molecule has 0 aromatic heterocycles. The molecule has 84 valence electrons. The number of amides is 1. The Morgan fingerprint density at radius 1 is 1.60 bits per heavy atom. The molecule has 0 aromatic rings. The number of hydrogen-bond donors (Lipinski definition) is 1. The summed E-state index contributed by atoms with van der Waals surface area (Å²) in [5.74, 6) is 3.94. The highest BCUT2D eigenvalue weighted by molar-refractivity contribution is 14.1. The van der Waals surface area contributed by atoms with Crippen molar-refractivity contribution in [1.29, 1.82) is 0 Å². The van der Waals surface area contributed by atoms with E-state index in [1.165, 1.54) is 0 Å². The fourth-order valence-electron chi connectivity index (χ4n) is 1.20. The van der Waals surface area contributed by atoms with Gasteiger partial charge in [0.05, 0.1) is 6.61 Å². The molecule has 0 radical (unpaired) electrons. The molecule has 1 aliphatic rings. The normalized spacial score (nSPS) is 23.7. The second-order valence-electron chi connectivity index (χ2n) is 4.81. The van der Waals surface area contributed by atoms with Crippen molar-refractivity contribution in [2.24, 2.45) is 11.8 Å². The Kier molecular flexibility index (Phi) is 4.26. The van der Waals surface area contributed by atoms with Gasteiger partial charge in [0.15, 0.2) is 0 Å². The van der Waals surface area contributed by atoms with Gasteiger partial charge < -0.3 is 10.1 Å². The minimum atomic E-state index is -0.337. The van der Waals surface area contributed by atoms with Crippen molar-refractivity contribution >= 4 is 28.7 Å². The fourth-order valence-corrected chi connectivity index (χ4v) is 1.60. The van der Waals surface area contributed by atoms with Gasteiger partial charge in [-0.25, -0.2) is 4.79 Å². The zero-order valence-corrected chi connectivity index (χ0v) is 11.4. The second kappa shape index (κ2) is 5.06. The summed E-state index contributed by atoms with van der Waals surface area (Å²) in [6.07, 6.45) is 0.717. The topological polar surface area (TPSA) is 38.3 Å². The standard InChI is InChI=1S/C11H16INO2/c1-11(2,3)13-10(14)15-7-9-6-8(9)4-5-12/h8-9H,6-7H2,1-3H3,(H,13,14)/t8-,9+/m1/s1. The Balaban J connectivity index is 2.16. The van der Waals surface area contributed by atoms with Gasteiger partial charge in [0, 0.05) is 40.0 Å². The third-order valence-electron chi connectivity index (χ3n) is 2.07. The van der Waals surface area contributed by atoms with Crippen molar-refractivity contribution in [3.05, 3.63) is 0 Å². The highest BCUT2D eigenvalue weighted by Crippen LogP contribution is 2.37. The summed E-state index contributed by atoms with van der Waals surface area (Å²) < 4.78 is 7.95. The number of nitrogens with one attached hydrogen (secondary N) is 1. The van der Waals surface area contributed by atoms with Gasteiger partial charge in [-0.15, -0.1) is 0 Å². The van der Waals surface area contributed by atoms with Gasteiger partial charge in [0.2, 0.25) is 0 Å². The largest absolute Gasteiger partial charge is 0.449 e. The molecule has 15 heavy (non-hydrogen) atoms. The van der Waals surface area contributed by atoms with E-state index in [0.717, 1.165) is 6.42 Å². The Hall–Kier alpha value is -0.440. The Morgan fingerprint density at radius 2 is 2.27 bits per heavy atom. The van der Waals surface area contributed by atoms with Crippen LogP contribution in [0.25, 0.3) is 0 Å². The SMILES string of the molecule is CC(C)(C)NC(=O)OC[C@@H]1C[C@H]1C#CI. The zero-order chi connectivity index (χ0) is 11.5. The summed E-state index contributed by atoms with van der Waals surface area (Å²) >= 11 is 2.03. The molecule has 0 saturated heterocycles. The summed E-state index contributed by atoms with van der Waals surface area (Å²) in [4.78, 5) is 11.3. The average molecular weight is 321 g/mol. The smallest absolute Gasteiger partial charge is 0.407 e. The van der Waals surface area contributed by atoms with Crippen LogP contribution in [0.15, 0.2) is 0 Å². The van der Waals surface area contributed by atoms with Gasteiger partial charge >= 0.3 is 6.09 Å². The first-order valence-corrected chi connectivity index (χ1v) is 6.06. The molecule has 1 aliphatic carbocycles. The lowest BCUT2D eigenvalue weighted by molar-refractivity contribution is 0.132. The van der Waals surface area contributed by atoms with E-state index in [1.54, 1.807) is 0 Å². The first-order valence-electron chi connectivity index (χ1n) is 4.98. The molecule has 0 unspecified atom stereocenters. The van der Waals surface area contributed by atoms with Gasteiger partial charge in [-0.1, -0.05) is 5.92 Å². The van der Waals surface area contributed by atoms with E-state index in [4.69, 9.17) is 4.74 Å². The molecule has 0 heterocycles. The molecule has 0 spiro atoms. The van der Waals surface area contributed by atoms with Gasteiger partial charge in [-0.2, -0.15) is 0 Å². The average Bonchev–Trinajstić information content (AvgIpc) is 2.78. The van der Waals surface area contributed by atoms with Crippen molar-refractivity contribution in [2.45, 2.75) is 32.7 Å². The molecule has 4 heteroatoms. The van der Waals surface area contributed by atoms with Crippen molar-refractivity contribution in [1.82, 2.24) is 5.32 Å². The number of ether oxygens (including phenoxy) is 1. The number of alkyl carbamates (subject to hydrolysis) is 1. The van der Waals surface area contributed by atoms with E-state index in [2.05, 4.69) is 15.2 Å². The quantitative estimate of drug-likeness (QED) is 0.627. The van der Waals surface area contributed by atoms with Crippen LogP contribution in [0.3, 0.4) is 0 Å². The molecular formula is C11H16INO2.